The summed E-state index contributed by atoms with van der Waals surface area (Å²) in [4.78, 5) is 0. The molecule has 1 aromatic heterocycles. The van der Waals surface area contributed by atoms with Gasteiger partial charge in [0.1, 0.15) is 11.5 Å². The van der Waals surface area contributed by atoms with Gasteiger partial charge in [-0.25, -0.2) is 4.39 Å². The first-order valence-electron chi connectivity index (χ1n) is 9.27. The second kappa shape index (κ2) is 8.19. The molecule has 1 heterocycles. The predicted molar refractivity (Wildman–Crippen MR) is 112 cm³/mol. The lowest BCUT2D eigenvalue weighted by atomic mass is 10.0. The summed E-state index contributed by atoms with van der Waals surface area (Å²) < 4.78 is 26.2. The average molecular weight is 388 g/mol. The van der Waals surface area contributed by atoms with Crippen LogP contribution in [-0.2, 0) is 6.54 Å². The van der Waals surface area contributed by atoms with E-state index in [0.717, 1.165) is 27.9 Å². The number of methoxy groups -OCH3 is 2. The van der Waals surface area contributed by atoms with Gasteiger partial charge in [-0.05, 0) is 41.5 Å². The van der Waals surface area contributed by atoms with Crippen LogP contribution in [0.2, 0.25) is 0 Å². The van der Waals surface area contributed by atoms with Crippen molar-refractivity contribution in [1.29, 1.82) is 0 Å². The van der Waals surface area contributed by atoms with Gasteiger partial charge in [-0.1, -0.05) is 42.5 Å². The van der Waals surface area contributed by atoms with E-state index in [-0.39, 0.29) is 5.82 Å². The number of hydrogen-bond acceptors (Lipinski definition) is 3. The van der Waals surface area contributed by atoms with E-state index in [1.165, 1.54) is 12.1 Å². The summed E-state index contributed by atoms with van der Waals surface area (Å²) in [5, 5.41) is 4.81. The van der Waals surface area contributed by atoms with E-state index in [0.29, 0.717) is 18.0 Å². The molecule has 0 bridgehead atoms. The van der Waals surface area contributed by atoms with Crippen LogP contribution < -0.4 is 9.47 Å². The highest BCUT2D eigenvalue weighted by molar-refractivity contribution is 5.81. The second-order valence-corrected chi connectivity index (χ2v) is 6.65. The van der Waals surface area contributed by atoms with Crippen molar-refractivity contribution < 1.29 is 13.9 Å². The summed E-state index contributed by atoms with van der Waals surface area (Å²) in [6, 6.07) is 22.4. The Bertz CT molecular complexity index is 1120. The summed E-state index contributed by atoms with van der Waals surface area (Å²) in [7, 11) is 3.23. The molecule has 5 heteroatoms. The van der Waals surface area contributed by atoms with Gasteiger partial charge in [0, 0.05) is 17.3 Å². The van der Waals surface area contributed by atoms with Crippen molar-refractivity contribution in [2.45, 2.75) is 6.54 Å². The van der Waals surface area contributed by atoms with Crippen LogP contribution in [0.4, 0.5) is 4.39 Å². The number of halogens is 1. The van der Waals surface area contributed by atoms with Crippen LogP contribution in [0, 0.1) is 5.82 Å². The highest BCUT2D eigenvalue weighted by Gasteiger charge is 2.16. The zero-order chi connectivity index (χ0) is 20.2. The number of nitrogens with zero attached hydrogens (tertiary/aromatic N) is 2. The summed E-state index contributed by atoms with van der Waals surface area (Å²) >= 11 is 0. The number of benzene rings is 3. The van der Waals surface area contributed by atoms with Crippen molar-refractivity contribution >= 4 is 0 Å². The zero-order valence-electron chi connectivity index (χ0n) is 16.3. The standard InChI is InChI=1S/C24H21FN2O2/c1-28-22-12-11-19(14-23(22)29-2)24-21(18-8-4-3-5-9-18)16-27(26-24)15-17-7-6-10-20(25)13-17/h3-14,16H,15H2,1-2H3. The quantitative estimate of drug-likeness (QED) is 0.442. The summed E-state index contributed by atoms with van der Waals surface area (Å²) in [6.07, 6.45) is 1.99. The molecule has 146 valence electrons. The SMILES string of the molecule is COc1ccc(-c2nn(Cc3cccc(F)c3)cc2-c2ccccc2)cc1OC. The molecule has 0 radical (unpaired) electrons. The van der Waals surface area contributed by atoms with E-state index in [1.54, 1.807) is 20.3 Å². The van der Waals surface area contributed by atoms with Gasteiger partial charge < -0.3 is 9.47 Å². The molecule has 0 unspecified atom stereocenters. The van der Waals surface area contributed by atoms with E-state index < -0.39 is 0 Å². The van der Waals surface area contributed by atoms with Crippen molar-refractivity contribution in [3.63, 3.8) is 0 Å². The van der Waals surface area contributed by atoms with Crippen LogP contribution in [0.3, 0.4) is 0 Å². The topological polar surface area (TPSA) is 36.3 Å². The van der Waals surface area contributed by atoms with Gasteiger partial charge in [-0.2, -0.15) is 5.10 Å². The second-order valence-electron chi connectivity index (χ2n) is 6.65. The fourth-order valence-electron chi connectivity index (χ4n) is 3.35. The molecule has 0 aliphatic carbocycles. The summed E-state index contributed by atoms with van der Waals surface area (Å²) in [5.41, 5.74) is 4.65. The van der Waals surface area contributed by atoms with Crippen LogP contribution >= 0.6 is 0 Å². The molecule has 0 saturated carbocycles. The Morgan fingerprint density at radius 3 is 2.34 bits per heavy atom. The number of ether oxygens (including phenoxy) is 2. The molecular formula is C24H21FN2O2. The molecule has 0 saturated heterocycles. The first kappa shape index (κ1) is 18.7. The largest absolute Gasteiger partial charge is 0.493 e. The number of hydrogen-bond donors (Lipinski definition) is 0. The molecule has 4 rings (SSSR count). The van der Waals surface area contributed by atoms with Gasteiger partial charge in [-0.15, -0.1) is 0 Å². The van der Waals surface area contributed by atoms with Gasteiger partial charge in [0.25, 0.3) is 0 Å². The smallest absolute Gasteiger partial charge is 0.161 e. The van der Waals surface area contributed by atoms with Gasteiger partial charge >= 0.3 is 0 Å². The third-order valence-electron chi connectivity index (χ3n) is 4.74. The number of aromatic nitrogens is 2. The molecule has 0 aliphatic rings. The normalized spacial score (nSPS) is 10.7. The van der Waals surface area contributed by atoms with Gasteiger partial charge in [0.15, 0.2) is 11.5 Å². The van der Waals surface area contributed by atoms with E-state index in [1.807, 2.05) is 65.5 Å². The molecular weight excluding hydrogens is 367 g/mol. The maximum Gasteiger partial charge on any atom is 0.161 e. The maximum absolute atomic E-state index is 13.6. The average Bonchev–Trinajstić information content (AvgIpc) is 3.17. The van der Waals surface area contributed by atoms with Crippen LogP contribution in [-0.4, -0.2) is 24.0 Å². The highest BCUT2D eigenvalue weighted by atomic mass is 19.1. The van der Waals surface area contributed by atoms with Crippen LogP contribution in [0.1, 0.15) is 5.56 Å². The van der Waals surface area contributed by atoms with Gasteiger partial charge in [0.2, 0.25) is 0 Å². The molecule has 0 fully saturated rings. The van der Waals surface area contributed by atoms with Crippen LogP contribution in [0.15, 0.2) is 79.0 Å². The molecule has 0 amide bonds. The van der Waals surface area contributed by atoms with Crippen molar-refractivity contribution in [3.05, 3.63) is 90.4 Å². The Morgan fingerprint density at radius 1 is 0.828 bits per heavy atom. The number of rotatable bonds is 6. The van der Waals surface area contributed by atoms with Crippen molar-refractivity contribution in [3.8, 4) is 33.9 Å². The first-order chi connectivity index (χ1) is 14.2. The molecule has 4 nitrogen and oxygen atoms in total. The fourth-order valence-corrected chi connectivity index (χ4v) is 3.35. The Hall–Kier alpha value is -3.60. The lowest BCUT2D eigenvalue weighted by Crippen LogP contribution is -2.00. The molecule has 3 aromatic carbocycles. The Morgan fingerprint density at radius 2 is 1.62 bits per heavy atom. The third-order valence-corrected chi connectivity index (χ3v) is 4.74. The Kier molecular flexibility index (Phi) is 5.29. The molecule has 0 aliphatic heterocycles. The lowest BCUT2D eigenvalue weighted by molar-refractivity contribution is 0.355. The molecule has 0 atom stereocenters. The Labute approximate surface area is 169 Å². The van der Waals surface area contributed by atoms with Crippen LogP contribution in [0.25, 0.3) is 22.4 Å². The third kappa shape index (κ3) is 3.99. The van der Waals surface area contributed by atoms with Crippen molar-refractivity contribution in [2.24, 2.45) is 0 Å². The minimum absolute atomic E-state index is 0.252. The van der Waals surface area contributed by atoms with Gasteiger partial charge in [-0.3, -0.25) is 4.68 Å². The van der Waals surface area contributed by atoms with Crippen molar-refractivity contribution in [2.75, 3.05) is 14.2 Å². The van der Waals surface area contributed by atoms with Crippen LogP contribution in [0.5, 0.6) is 11.5 Å². The first-order valence-corrected chi connectivity index (χ1v) is 9.27. The van der Waals surface area contributed by atoms with E-state index >= 15 is 0 Å². The Balaban J connectivity index is 1.80. The minimum atomic E-state index is -0.252. The predicted octanol–water partition coefficient (Wildman–Crippen LogP) is 5.42. The molecule has 29 heavy (non-hydrogen) atoms. The van der Waals surface area contributed by atoms with E-state index in [2.05, 4.69) is 0 Å². The zero-order valence-corrected chi connectivity index (χ0v) is 16.3. The molecule has 4 aromatic rings. The highest BCUT2D eigenvalue weighted by Crippen LogP contribution is 2.36. The maximum atomic E-state index is 13.6. The minimum Gasteiger partial charge on any atom is -0.493 e. The summed E-state index contributed by atoms with van der Waals surface area (Å²) in [5.74, 6) is 1.05. The fraction of sp³-hybridized carbons (Fsp3) is 0.125. The summed E-state index contributed by atoms with van der Waals surface area (Å²) in [6.45, 7) is 0.477. The van der Waals surface area contributed by atoms with Gasteiger partial charge in [0.05, 0.1) is 20.8 Å². The lowest BCUT2D eigenvalue weighted by Gasteiger charge is -2.09. The molecule has 0 spiro atoms. The molecule has 0 N–H and O–H groups in total. The monoisotopic (exact) mass is 388 g/mol. The van der Waals surface area contributed by atoms with E-state index in [4.69, 9.17) is 14.6 Å². The van der Waals surface area contributed by atoms with E-state index in [9.17, 15) is 4.39 Å². The van der Waals surface area contributed by atoms with Crippen molar-refractivity contribution in [1.82, 2.24) is 9.78 Å².